The summed E-state index contributed by atoms with van der Waals surface area (Å²) in [5.74, 6) is 1.56. The highest BCUT2D eigenvalue weighted by Crippen LogP contribution is 2.38. The number of fused-ring (bicyclic) bond motifs is 2. The third kappa shape index (κ3) is 5.74. The number of nitrogens with one attached hydrogen (secondary N) is 2. The van der Waals surface area contributed by atoms with Gasteiger partial charge in [-0.1, -0.05) is 57.0 Å². The van der Waals surface area contributed by atoms with E-state index in [-0.39, 0.29) is 17.9 Å². The average molecular weight is 516 g/mol. The highest BCUT2D eigenvalue weighted by atomic mass is 16.5. The fourth-order valence-corrected chi connectivity index (χ4v) is 6.24. The molecule has 0 unspecified atom stereocenters. The molecule has 1 aromatic heterocycles. The number of H-pyrrole nitrogens is 1. The minimum atomic E-state index is -0.439. The zero-order chi connectivity index (χ0) is 26.5. The number of piperidine rings is 1. The molecule has 2 N–H and O–H groups in total. The fourth-order valence-electron chi connectivity index (χ4n) is 6.24. The lowest BCUT2D eigenvalue weighted by Crippen LogP contribution is -2.53. The Morgan fingerprint density at radius 1 is 1.03 bits per heavy atom. The smallest absolute Gasteiger partial charge is 0.255 e. The number of carbonyl (C=O) groups is 2. The Kier molecular flexibility index (Phi) is 8.06. The van der Waals surface area contributed by atoms with E-state index < -0.39 is 5.41 Å². The molecule has 38 heavy (non-hydrogen) atoms. The summed E-state index contributed by atoms with van der Waals surface area (Å²) in [7, 11) is 0. The Morgan fingerprint density at radius 2 is 1.84 bits per heavy atom. The highest BCUT2D eigenvalue weighted by Gasteiger charge is 2.42. The van der Waals surface area contributed by atoms with Crippen molar-refractivity contribution in [1.29, 1.82) is 0 Å². The highest BCUT2D eigenvalue weighted by molar-refractivity contribution is 6.05. The van der Waals surface area contributed by atoms with Crippen LogP contribution in [0.15, 0.2) is 54.7 Å². The van der Waals surface area contributed by atoms with Crippen LogP contribution in [0.5, 0.6) is 5.75 Å². The maximum absolute atomic E-state index is 13.9. The van der Waals surface area contributed by atoms with E-state index >= 15 is 0 Å². The van der Waals surface area contributed by atoms with Crippen molar-refractivity contribution in [2.24, 2.45) is 11.3 Å². The van der Waals surface area contributed by atoms with E-state index in [0.717, 1.165) is 55.2 Å². The maximum Gasteiger partial charge on any atom is 0.255 e. The molecule has 3 heterocycles. The fraction of sp³-hybridized carbons (Fsp3) is 0.500. The molecule has 1 atom stereocenters. The van der Waals surface area contributed by atoms with Crippen LogP contribution in [0.3, 0.4) is 0 Å². The average Bonchev–Trinajstić information content (AvgIpc) is 3.41. The molecule has 0 radical (unpaired) electrons. The molecule has 5 rings (SSSR count). The number of carbonyl (C=O) groups excluding carboxylic acids is 2. The monoisotopic (exact) mass is 515 g/mol. The summed E-state index contributed by atoms with van der Waals surface area (Å²) < 4.78 is 6.29. The molecule has 202 valence electrons. The van der Waals surface area contributed by atoms with Gasteiger partial charge in [0.1, 0.15) is 12.4 Å². The first-order valence-corrected chi connectivity index (χ1v) is 14.3. The van der Waals surface area contributed by atoms with Crippen LogP contribution in [0.4, 0.5) is 0 Å². The maximum atomic E-state index is 13.9. The Hall–Kier alpha value is -3.28. The van der Waals surface area contributed by atoms with Gasteiger partial charge in [0, 0.05) is 24.7 Å². The number of nitrogens with zero attached hydrogens (tertiary/aromatic N) is 1. The number of ether oxygens (including phenoxy) is 1. The summed E-state index contributed by atoms with van der Waals surface area (Å²) in [6.45, 7) is 6.04. The van der Waals surface area contributed by atoms with E-state index in [1.54, 1.807) is 0 Å². The molecule has 1 fully saturated rings. The largest absolute Gasteiger partial charge is 0.491 e. The number of likely N-dealkylation sites (tertiary alicyclic amines) is 1. The predicted octanol–water partition coefficient (Wildman–Crippen LogP) is 6.12. The number of hydrogen-bond acceptors (Lipinski definition) is 3. The predicted molar refractivity (Wildman–Crippen MR) is 151 cm³/mol. The SMILES string of the molecule is CC(C)C[C@H]1COc2ccccc2CCCCCC2(CCN(C(=O)c3cccc4cc[nH]c34)CC2)C(=O)N1. The van der Waals surface area contributed by atoms with Gasteiger partial charge in [0.2, 0.25) is 5.91 Å². The molecule has 6 heteroatoms. The van der Waals surface area contributed by atoms with Gasteiger partial charge in [-0.25, -0.2) is 0 Å². The van der Waals surface area contributed by atoms with Crippen molar-refractivity contribution in [1.82, 2.24) is 15.2 Å². The number of para-hydroxylation sites is 2. The van der Waals surface area contributed by atoms with Crippen molar-refractivity contribution < 1.29 is 14.3 Å². The minimum absolute atomic E-state index is 0.0432. The Morgan fingerprint density at radius 3 is 2.66 bits per heavy atom. The van der Waals surface area contributed by atoms with Gasteiger partial charge in [0.25, 0.3) is 5.91 Å². The summed E-state index contributed by atoms with van der Waals surface area (Å²) in [5, 5.41) is 4.44. The van der Waals surface area contributed by atoms with E-state index in [0.29, 0.717) is 44.0 Å². The zero-order valence-electron chi connectivity index (χ0n) is 22.8. The summed E-state index contributed by atoms with van der Waals surface area (Å²) >= 11 is 0. The molecule has 2 amide bonds. The number of aromatic nitrogens is 1. The van der Waals surface area contributed by atoms with E-state index in [2.05, 4.69) is 36.3 Å². The topological polar surface area (TPSA) is 74.4 Å². The molecule has 2 aliphatic heterocycles. The molecular formula is C32H41N3O3. The lowest BCUT2D eigenvalue weighted by molar-refractivity contribution is -0.135. The Bertz CT molecular complexity index is 1260. The number of aryl methyl sites for hydroxylation is 1. The summed E-state index contributed by atoms with van der Waals surface area (Å²) in [5.41, 5.74) is 2.40. The van der Waals surface area contributed by atoms with Crippen LogP contribution in [0.25, 0.3) is 10.9 Å². The number of hydrogen-bond donors (Lipinski definition) is 2. The molecule has 1 spiro atoms. The van der Waals surface area contributed by atoms with Crippen LogP contribution in [0.1, 0.15) is 74.7 Å². The van der Waals surface area contributed by atoms with Gasteiger partial charge in [-0.2, -0.15) is 0 Å². The van der Waals surface area contributed by atoms with Gasteiger partial charge in [0.15, 0.2) is 0 Å². The molecule has 0 bridgehead atoms. The number of aromatic amines is 1. The number of amides is 2. The molecule has 3 aromatic rings. The normalized spacial score (nSPS) is 20.7. The van der Waals surface area contributed by atoms with Crippen molar-refractivity contribution in [2.75, 3.05) is 19.7 Å². The van der Waals surface area contributed by atoms with Crippen molar-refractivity contribution >= 4 is 22.7 Å². The quantitative estimate of drug-likeness (QED) is 0.442. The van der Waals surface area contributed by atoms with Crippen LogP contribution < -0.4 is 10.1 Å². The standard InChI is InChI=1S/C32H41N3O3/c1-23(2)21-26-22-38-28-13-6-5-10-24(28)9-4-3-7-15-32(31(37)34-26)16-19-35(20-17-32)30(36)27-12-8-11-25-14-18-33-29(25)27/h5-6,8,10-14,18,23,26,33H,3-4,7,9,15-17,19-22H2,1-2H3,(H,34,37)/t26-/m0/s1. The molecule has 6 nitrogen and oxygen atoms in total. The van der Waals surface area contributed by atoms with Crippen molar-refractivity contribution in [3.05, 3.63) is 65.9 Å². The van der Waals surface area contributed by atoms with Gasteiger partial charge in [-0.05, 0) is 68.2 Å². The first kappa shape index (κ1) is 26.3. The van der Waals surface area contributed by atoms with E-state index in [9.17, 15) is 9.59 Å². The van der Waals surface area contributed by atoms with Crippen LogP contribution >= 0.6 is 0 Å². The summed E-state index contributed by atoms with van der Waals surface area (Å²) in [6.07, 6.45) is 9.17. The zero-order valence-corrected chi connectivity index (χ0v) is 22.8. The molecule has 0 aliphatic carbocycles. The number of rotatable bonds is 3. The van der Waals surface area contributed by atoms with Gasteiger partial charge < -0.3 is 19.9 Å². The third-order valence-corrected chi connectivity index (χ3v) is 8.41. The van der Waals surface area contributed by atoms with Crippen LogP contribution in [0, 0.1) is 11.3 Å². The van der Waals surface area contributed by atoms with Gasteiger partial charge in [-0.15, -0.1) is 0 Å². The number of benzene rings is 2. The van der Waals surface area contributed by atoms with Crippen molar-refractivity contribution in [3.8, 4) is 5.75 Å². The summed E-state index contributed by atoms with van der Waals surface area (Å²) in [6, 6.07) is 16.1. The van der Waals surface area contributed by atoms with Crippen LogP contribution in [-0.4, -0.2) is 47.4 Å². The third-order valence-electron chi connectivity index (χ3n) is 8.41. The van der Waals surface area contributed by atoms with Gasteiger partial charge in [0.05, 0.1) is 22.5 Å². The first-order valence-electron chi connectivity index (χ1n) is 14.3. The Labute approximate surface area is 226 Å². The lowest BCUT2D eigenvalue weighted by atomic mass is 9.73. The van der Waals surface area contributed by atoms with Crippen LogP contribution in [-0.2, 0) is 11.2 Å². The Balaban J connectivity index is 1.32. The van der Waals surface area contributed by atoms with E-state index in [1.165, 1.54) is 5.56 Å². The van der Waals surface area contributed by atoms with Gasteiger partial charge >= 0.3 is 0 Å². The lowest BCUT2D eigenvalue weighted by Gasteiger charge is -2.41. The second kappa shape index (κ2) is 11.6. The van der Waals surface area contributed by atoms with Gasteiger partial charge in [-0.3, -0.25) is 9.59 Å². The first-order chi connectivity index (χ1) is 18.4. The molecule has 1 saturated heterocycles. The second-order valence-corrected chi connectivity index (χ2v) is 11.6. The summed E-state index contributed by atoms with van der Waals surface area (Å²) in [4.78, 5) is 32.6. The molecular weight excluding hydrogens is 474 g/mol. The van der Waals surface area contributed by atoms with Crippen LogP contribution in [0.2, 0.25) is 0 Å². The van der Waals surface area contributed by atoms with Crippen molar-refractivity contribution in [3.63, 3.8) is 0 Å². The molecule has 0 saturated carbocycles. The van der Waals surface area contributed by atoms with E-state index in [1.807, 2.05) is 47.5 Å². The van der Waals surface area contributed by atoms with Crippen molar-refractivity contribution in [2.45, 2.75) is 71.3 Å². The molecule has 2 aliphatic rings. The van der Waals surface area contributed by atoms with E-state index in [4.69, 9.17) is 4.74 Å². The minimum Gasteiger partial charge on any atom is -0.491 e. The second-order valence-electron chi connectivity index (χ2n) is 11.6. The molecule has 2 aromatic carbocycles.